The number of carbonyl (C=O) groups is 2. The van der Waals surface area contributed by atoms with Gasteiger partial charge in [-0.05, 0) is 52.6 Å². The van der Waals surface area contributed by atoms with Gasteiger partial charge in [0.15, 0.2) is 34.6 Å². The maximum atomic E-state index is 14.2. The van der Waals surface area contributed by atoms with Gasteiger partial charge in [0.1, 0.15) is 47.5 Å². The highest BCUT2D eigenvalue weighted by molar-refractivity contribution is 6.08. The molecule has 2 spiro atoms. The van der Waals surface area contributed by atoms with Crippen LogP contribution in [0.3, 0.4) is 0 Å². The van der Waals surface area contributed by atoms with Crippen LogP contribution in [0.2, 0.25) is 0 Å². The smallest absolute Gasteiger partial charge is 0.185 e. The normalized spacial score (nSPS) is 35.9. The van der Waals surface area contributed by atoms with E-state index in [2.05, 4.69) is 0 Å². The Morgan fingerprint density at radius 2 is 1.32 bits per heavy atom. The molecule has 6 atom stereocenters. The maximum Gasteiger partial charge on any atom is 0.185 e. The zero-order valence-corrected chi connectivity index (χ0v) is 23.4. The van der Waals surface area contributed by atoms with Crippen molar-refractivity contribution in [2.24, 2.45) is 5.92 Å². The maximum absolute atomic E-state index is 14.2. The first-order valence-electron chi connectivity index (χ1n) is 14.1. The Balaban J connectivity index is 1.45. The minimum Gasteiger partial charge on any atom is -0.504 e. The van der Waals surface area contributed by atoms with Gasteiger partial charge in [-0.3, -0.25) is 9.59 Å². The summed E-state index contributed by atoms with van der Waals surface area (Å²) in [5.74, 6) is -3.22. The number of hydrogen-bond donors (Lipinski definition) is 6. The van der Waals surface area contributed by atoms with Gasteiger partial charge < -0.3 is 44.8 Å². The Morgan fingerprint density at radius 1 is 0.773 bits per heavy atom. The number of rotatable bonds is 2. The van der Waals surface area contributed by atoms with Gasteiger partial charge in [-0.15, -0.1) is 0 Å². The number of benzene rings is 2. The topological polar surface area (TPSA) is 183 Å². The van der Waals surface area contributed by atoms with Gasteiger partial charge in [0.25, 0.3) is 0 Å². The lowest BCUT2D eigenvalue weighted by atomic mass is 9.49. The molecular weight excluding hydrogens is 572 g/mol. The molecule has 2 saturated heterocycles. The van der Waals surface area contributed by atoms with Gasteiger partial charge >= 0.3 is 0 Å². The molecular formula is C33H28O11. The van der Waals surface area contributed by atoms with Gasteiger partial charge in [0.2, 0.25) is 0 Å². The second kappa shape index (κ2) is 8.32. The van der Waals surface area contributed by atoms with E-state index in [0.29, 0.717) is 22.3 Å². The predicted octanol–water partition coefficient (Wildman–Crippen LogP) is 1.37. The van der Waals surface area contributed by atoms with Crippen LogP contribution in [-0.4, -0.2) is 79.8 Å². The molecule has 11 nitrogen and oxygen atoms in total. The number of aromatic hydroxyl groups is 4. The van der Waals surface area contributed by atoms with E-state index in [1.54, 1.807) is 12.2 Å². The molecule has 0 saturated carbocycles. The minimum atomic E-state index is -1.75. The van der Waals surface area contributed by atoms with Crippen molar-refractivity contribution in [3.8, 4) is 23.0 Å². The molecule has 11 heteroatoms. The van der Waals surface area contributed by atoms with Crippen LogP contribution in [0, 0.1) is 5.92 Å². The van der Waals surface area contributed by atoms with Crippen molar-refractivity contribution in [1.82, 2.24) is 0 Å². The van der Waals surface area contributed by atoms with E-state index < -0.39 is 51.3 Å². The highest BCUT2D eigenvalue weighted by atomic mass is 16.5. The quantitative estimate of drug-likeness (QED) is 0.274. The lowest BCUT2D eigenvalue weighted by molar-refractivity contribution is -0.183. The van der Waals surface area contributed by atoms with Crippen LogP contribution < -0.4 is 0 Å². The summed E-state index contributed by atoms with van der Waals surface area (Å²) < 4.78 is 18.0. The third-order valence-corrected chi connectivity index (χ3v) is 10.2. The molecule has 44 heavy (non-hydrogen) atoms. The number of ketones is 2. The fraction of sp³-hybridized carbons (Fsp3) is 0.333. The third kappa shape index (κ3) is 3.11. The predicted molar refractivity (Wildman–Crippen MR) is 150 cm³/mol. The van der Waals surface area contributed by atoms with Crippen LogP contribution in [0.25, 0.3) is 0 Å². The van der Waals surface area contributed by atoms with Crippen LogP contribution in [0.15, 0.2) is 71.7 Å². The number of methoxy groups -OCH3 is 1. The summed E-state index contributed by atoms with van der Waals surface area (Å²) in [7, 11) is 1.42. The van der Waals surface area contributed by atoms with Gasteiger partial charge in [-0.2, -0.15) is 0 Å². The highest BCUT2D eigenvalue weighted by Gasteiger charge is 2.67. The second-order valence-corrected chi connectivity index (χ2v) is 12.6. The van der Waals surface area contributed by atoms with Crippen LogP contribution >= 0.6 is 0 Å². The van der Waals surface area contributed by atoms with Gasteiger partial charge in [0.05, 0.1) is 5.41 Å². The summed E-state index contributed by atoms with van der Waals surface area (Å²) in [6.07, 6.45) is 6.01. The van der Waals surface area contributed by atoms with Crippen molar-refractivity contribution in [3.05, 3.63) is 94.0 Å². The Labute approximate surface area is 250 Å². The number of hydrogen-bond acceptors (Lipinski definition) is 11. The number of carbonyl (C=O) groups excluding carboxylic acids is 2. The first-order chi connectivity index (χ1) is 20.9. The van der Waals surface area contributed by atoms with Crippen molar-refractivity contribution in [1.29, 1.82) is 0 Å². The monoisotopic (exact) mass is 600 g/mol. The summed E-state index contributed by atoms with van der Waals surface area (Å²) in [6, 6.07) is 5.44. The largest absolute Gasteiger partial charge is 0.504 e. The van der Waals surface area contributed by atoms with Crippen molar-refractivity contribution < 1.29 is 54.4 Å². The van der Waals surface area contributed by atoms with Crippen LogP contribution in [-0.2, 0) is 47.5 Å². The first-order valence-corrected chi connectivity index (χ1v) is 14.1. The Kier molecular flexibility index (Phi) is 5.11. The number of allylic oxidation sites excluding steroid dienone is 4. The molecule has 2 aromatic rings. The van der Waals surface area contributed by atoms with E-state index in [1.165, 1.54) is 49.6 Å². The fourth-order valence-corrected chi connectivity index (χ4v) is 8.63. The summed E-state index contributed by atoms with van der Waals surface area (Å²) in [5, 5.41) is 66.2. The molecule has 4 bridgehead atoms. The molecule has 226 valence electrons. The molecule has 0 aromatic heterocycles. The molecule has 0 unspecified atom stereocenters. The summed E-state index contributed by atoms with van der Waals surface area (Å²) in [5.41, 5.74) is -4.27. The Hall–Kier alpha value is -4.58. The molecule has 4 aliphatic carbocycles. The molecule has 2 fully saturated rings. The summed E-state index contributed by atoms with van der Waals surface area (Å²) in [6.45, 7) is -0.489. The number of ether oxygens (including phenoxy) is 3. The molecule has 2 aliphatic heterocycles. The lowest BCUT2D eigenvalue weighted by Crippen LogP contribution is -2.68. The number of fused-ring (bicyclic) bond motifs is 4. The molecule has 6 N–H and O–H groups in total. The molecule has 2 heterocycles. The summed E-state index contributed by atoms with van der Waals surface area (Å²) >= 11 is 0. The average Bonchev–Trinajstić information content (AvgIpc) is 2.96. The van der Waals surface area contributed by atoms with Crippen molar-refractivity contribution >= 4 is 11.6 Å². The van der Waals surface area contributed by atoms with Gasteiger partial charge in [0, 0.05) is 43.6 Å². The third-order valence-electron chi connectivity index (χ3n) is 10.2. The van der Waals surface area contributed by atoms with Gasteiger partial charge in [-0.25, -0.2) is 0 Å². The second-order valence-electron chi connectivity index (χ2n) is 12.6. The van der Waals surface area contributed by atoms with Crippen molar-refractivity contribution in [2.45, 2.75) is 41.0 Å². The van der Waals surface area contributed by atoms with E-state index in [4.69, 9.17) is 14.2 Å². The first kappa shape index (κ1) is 27.0. The zero-order chi connectivity index (χ0) is 31.0. The summed E-state index contributed by atoms with van der Waals surface area (Å²) in [4.78, 5) is 26.8. The van der Waals surface area contributed by atoms with Crippen LogP contribution in [0.1, 0.15) is 22.3 Å². The average molecular weight is 601 g/mol. The molecule has 0 radical (unpaired) electrons. The molecule has 0 amide bonds. The molecule has 2 aromatic carbocycles. The lowest BCUT2D eigenvalue weighted by Gasteiger charge is -2.59. The fourth-order valence-electron chi connectivity index (χ4n) is 8.63. The van der Waals surface area contributed by atoms with E-state index in [-0.39, 0.29) is 60.4 Å². The molecule has 8 rings (SSSR count). The Bertz CT molecular complexity index is 1850. The van der Waals surface area contributed by atoms with E-state index >= 15 is 0 Å². The Morgan fingerprint density at radius 3 is 1.95 bits per heavy atom. The minimum absolute atomic E-state index is 0.0276. The zero-order valence-electron chi connectivity index (χ0n) is 23.4. The standard InChI is InChI=1S/C33H28O11/c1-42-29-31(41)11-16-5-23(37)25(39)8-20(16)33(29)12-18(21(35)9-27(33)44-14-31)28-30(40)10-15-4-22(36)24(38)7-19(15)32(28)3-2-17(34)6-26(32)43-13-30/h2-9,12,28-29,36-41H,10-11,13-14H2,1H3/t28-,29+,30-,31-,32-,33-/m1/s1. The SMILES string of the molecule is CO[C@H]1[C@]2(O)COC3=CC(=O)C([C@@H]4[C@]5(O)COC6=CC(=O)C=C[C@@]64c4cc(O)c(O)cc4C5)=C[C@@]31c1cc(O)c(O)cc1C2. The molecule has 6 aliphatic rings. The van der Waals surface area contributed by atoms with E-state index in [0.717, 1.165) is 0 Å². The van der Waals surface area contributed by atoms with Crippen molar-refractivity contribution in [3.63, 3.8) is 0 Å². The van der Waals surface area contributed by atoms with E-state index in [1.807, 2.05) is 0 Å². The number of phenols is 4. The van der Waals surface area contributed by atoms with Gasteiger partial charge in [-0.1, -0.05) is 12.2 Å². The number of aliphatic hydroxyl groups is 2. The van der Waals surface area contributed by atoms with E-state index in [9.17, 15) is 40.2 Å². The van der Waals surface area contributed by atoms with Crippen LogP contribution in [0.5, 0.6) is 23.0 Å². The van der Waals surface area contributed by atoms with Crippen molar-refractivity contribution in [2.75, 3.05) is 20.3 Å². The highest BCUT2D eigenvalue weighted by Crippen LogP contribution is 2.62. The van der Waals surface area contributed by atoms with Crippen LogP contribution in [0.4, 0.5) is 0 Å². The number of phenolic OH excluding ortho intramolecular Hbond substituents is 4.